The van der Waals surface area contributed by atoms with Crippen molar-refractivity contribution in [2.24, 2.45) is 28.6 Å². The number of aromatic nitrogens is 3. The van der Waals surface area contributed by atoms with Crippen LogP contribution in [-0.2, 0) is 27.3 Å². The summed E-state index contributed by atoms with van der Waals surface area (Å²) in [5.74, 6) is -3.16. The first-order valence-electron chi connectivity index (χ1n) is 12.3. The van der Waals surface area contributed by atoms with Crippen LogP contribution in [-0.4, -0.2) is 68.2 Å². The Morgan fingerprint density at radius 1 is 1.22 bits per heavy atom. The highest BCUT2D eigenvalue weighted by molar-refractivity contribution is 5.95. The first kappa shape index (κ1) is 26.9. The minimum Gasteiger partial charge on any atom is -0.338 e. The molecule has 13 heteroatoms. The van der Waals surface area contributed by atoms with Gasteiger partial charge in [-0.25, -0.2) is 0 Å². The molecule has 0 spiro atoms. The Bertz CT molecular complexity index is 1130. The number of carbonyl (C=O) groups is 3. The molecule has 4 rings (SSSR count). The van der Waals surface area contributed by atoms with Crippen molar-refractivity contribution in [1.29, 1.82) is 5.26 Å². The summed E-state index contributed by atoms with van der Waals surface area (Å²) < 4.78 is 40.9. The molecule has 37 heavy (non-hydrogen) atoms. The Kier molecular flexibility index (Phi) is 6.53. The Morgan fingerprint density at radius 3 is 2.49 bits per heavy atom. The van der Waals surface area contributed by atoms with Crippen LogP contribution >= 0.6 is 0 Å². The van der Waals surface area contributed by atoms with E-state index in [1.807, 2.05) is 23.7 Å². The smallest absolute Gasteiger partial charge is 0.338 e. The summed E-state index contributed by atoms with van der Waals surface area (Å²) in [5, 5.41) is 22.4. The number of aryl methyl sites for hydroxylation is 1. The monoisotopic (exact) mass is 523 g/mol. The zero-order chi connectivity index (χ0) is 27.5. The highest BCUT2D eigenvalue weighted by atomic mass is 19.4. The number of amides is 3. The Hall–Kier alpha value is -3.17. The molecule has 2 aliphatic heterocycles. The second-order valence-electron chi connectivity index (χ2n) is 12.0. The van der Waals surface area contributed by atoms with E-state index in [0.29, 0.717) is 19.4 Å². The van der Waals surface area contributed by atoms with Gasteiger partial charge < -0.3 is 20.1 Å². The summed E-state index contributed by atoms with van der Waals surface area (Å²) in [6.07, 6.45) is -2.45. The zero-order valence-corrected chi connectivity index (χ0v) is 21.5. The molecular weight excluding hydrogens is 491 g/mol. The van der Waals surface area contributed by atoms with Crippen LogP contribution in [0.4, 0.5) is 13.2 Å². The molecule has 3 heterocycles. The number of likely N-dealkylation sites (tertiary alicyclic amines) is 1. The van der Waals surface area contributed by atoms with Crippen molar-refractivity contribution in [1.82, 2.24) is 30.3 Å². The lowest BCUT2D eigenvalue weighted by Crippen LogP contribution is -2.61. The van der Waals surface area contributed by atoms with Crippen LogP contribution in [0.25, 0.3) is 0 Å². The maximum atomic E-state index is 13.6. The van der Waals surface area contributed by atoms with Crippen LogP contribution in [0.15, 0.2) is 6.33 Å². The fraction of sp³-hybridized carbons (Fsp3) is 0.750. The van der Waals surface area contributed by atoms with Crippen LogP contribution < -0.4 is 10.6 Å². The van der Waals surface area contributed by atoms with E-state index in [0.717, 1.165) is 5.82 Å². The highest BCUT2D eigenvalue weighted by Crippen LogP contribution is 2.65. The number of nitrogens with zero attached hydrogens (tertiary/aromatic N) is 5. The third kappa shape index (κ3) is 4.90. The van der Waals surface area contributed by atoms with Gasteiger partial charge in [0, 0.05) is 25.4 Å². The van der Waals surface area contributed by atoms with Gasteiger partial charge in [-0.1, -0.05) is 34.6 Å². The van der Waals surface area contributed by atoms with Gasteiger partial charge in [0.05, 0.1) is 6.07 Å². The van der Waals surface area contributed by atoms with Gasteiger partial charge in [-0.05, 0) is 29.1 Å². The lowest BCUT2D eigenvalue weighted by Gasteiger charge is -2.38. The van der Waals surface area contributed by atoms with E-state index in [9.17, 15) is 32.8 Å². The van der Waals surface area contributed by atoms with Gasteiger partial charge in [0.25, 0.3) is 0 Å². The van der Waals surface area contributed by atoms with Crippen LogP contribution in [0.3, 0.4) is 0 Å². The van der Waals surface area contributed by atoms with Crippen molar-refractivity contribution in [2.45, 2.75) is 78.3 Å². The van der Waals surface area contributed by atoms with E-state index in [4.69, 9.17) is 0 Å². The summed E-state index contributed by atoms with van der Waals surface area (Å²) in [4.78, 5) is 40.2. The number of hydrogen-bond acceptors (Lipinski definition) is 6. The second-order valence-corrected chi connectivity index (χ2v) is 12.0. The molecule has 6 atom stereocenters. The lowest BCUT2D eigenvalue weighted by molar-refractivity contribution is -0.176. The molecule has 1 saturated heterocycles. The van der Waals surface area contributed by atoms with E-state index in [1.54, 1.807) is 27.1 Å². The Labute approximate surface area is 213 Å². The Morgan fingerprint density at radius 2 is 1.89 bits per heavy atom. The van der Waals surface area contributed by atoms with Gasteiger partial charge in [0.1, 0.15) is 30.3 Å². The molecule has 2 unspecified atom stereocenters. The molecule has 1 saturated carbocycles. The van der Waals surface area contributed by atoms with Crippen molar-refractivity contribution in [2.75, 3.05) is 6.54 Å². The van der Waals surface area contributed by atoms with E-state index >= 15 is 0 Å². The molecule has 0 bridgehead atoms. The van der Waals surface area contributed by atoms with Crippen LogP contribution in [0.5, 0.6) is 0 Å². The summed E-state index contributed by atoms with van der Waals surface area (Å²) in [5.41, 5.74) is -1.29. The zero-order valence-electron chi connectivity index (χ0n) is 21.5. The maximum absolute atomic E-state index is 13.6. The number of rotatable bonds is 5. The molecule has 3 aliphatic rings. The summed E-state index contributed by atoms with van der Waals surface area (Å²) in [6.45, 7) is 9.41. The van der Waals surface area contributed by atoms with Crippen molar-refractivity contribution >= 4 is 17.7 Å². The molecule has 0 aromatic carbocycles. The molecule has 10 nitrogen and oxygen atoms in total. The maximum Gasteiger partial charge on any atom is 0.471 e. The summed E-state index contributed by atoms with van der Waals surface area (Å²) in [7, 11) is 0. The molecule has 3 amide bonds. The predicted octanol–water partition coefficient (Wildman–Crippen LogP) is 1.43. The normalized spacial score (nSPS) is 27.8. The second kappa shape index (κ2) is 8.99. The molecule has 1 aromatic rings. The van der Waals surface area contributed by atoms with Gasteiger partial charge >= 0.3 is 12.1 Å². The van der Waals surface area contributed by atoms with E-state index in [2.05, 4.69) is 21.6 Å². The molecule has 2 N–H and O–H groups in total. The van der Waals surface area contributed by atoms with Crippen LogP contribution in [0, 0.1) is 39.9 Å². The number of fused-ring (bicyclic) bond motifs is 2. The SMILES string of the molecule is CC(C)(C)[C@H](NC(=O)C(F)(F)F)C(=O)N1C[C@H]2[C@@H]([C@H]1C(=O)NC(C#N)C1CCn3cnnc3C1)C2(C)C. The number of nitrogens with one attached hydrogen (secondary N) is 2. The van der Waals surface area contributed by atoms with E-state index in [1.165, 1.54) is 4.90 Å². The van der Waals surface area contributed by atoms with E-state index < -0.39 is 47.4 Å². The van der Waals surface area contributed by atoms with Crippen molar-refractivity contribution < 1.29 is 27.6 Å². The third-order valence-electron chi connectivity index (χ3n) is 8.20. The number of piperidine rings is 1. The lowest BCUT2D eigenvalue weighted by atomic mass is 9.85. The fourth-order valence-electron chi connectivity index (χ4n) is 5.88. The Balaban J connectivity index is 1.54. The van der Waals surface area contributed by atoms with Crippen molar-refractivity contribution in [3.05, 3.63) is 12.2 Å². The number of nitriles is 1. The molecule has 2 fully saturated rings. The topological polar surface area (TPSA) is 133 Å². The third-order valence-corrected chi connectivity index (χ3v) is 8.20. The predicted molar refractivity (Wildman–Crippen MR) is 123 cm³/mol. The fourth-order valence-corrected chi connectivity index (χ4v) is 5.88. The number of hydrogen-bond donors (Lipinski definition) is 2. The number of halogens is 3. The first-order chi connectivity index (χ1) is 17.1. The van der Waals surface area contributed by atoms with Gasteiger partial charge in [-0.2, -0.15) is 18.4 Å². The number of carbonyl (C=O) groups excluding carboxylic acids is 3. The van der Waals surface area contributed by atoms with Gasteiger partial charge in [0.2, 0.25) is 11.8 Å². The minimum absolute atomic E-state index is 0.0140. The summed E-state index contributed by atoms with van der Waals surface area (Å²) >= 11 is 0. The largest absolute Gasteiger partial charge is 0.471 e. The average molecular weight is 524 g/mol. The van der Waals surface area contributed by atoms with Gasteiger partial charge in [-0.15, -0.1) is 10.2 Å². The van der Waals surface area contributed by atoms with Crippen molar-refractivity contribution in [3.63, 3.8) is 0 Å². The molecule has 1 aliphatic carbocycles. The standard InChI is InChI=1S/C24H32F3N7O3/c1-22(2,3)18(31-21(37)24(25,26)27)20(36)34-10-13-16(23(13,4)5)17(34)19(35)30-14(9-28)12-6-7-33-11-29-32-15(33)8-12/h11-14,16-18H,6-8,10H2,1-5H3,(H,30,35)(H,31,37)/t12?,13-,14?,16-,17-,18+/m0/s1. The number of alkyl halides is 3. The minimum atomic E-state index is -5.15. The molecule has 0 radical (unpaired) electrons. The highest BCUT2D eigenvalue weighted by Gasteiger charge is 2.70. The van der Waals surface area contributed by atoms with Crippen molar-refractivity contribution in [3.8, 4) is 6.07 Å². The molecule has 1 aromatic heterocycles. The van der Waals surface area contributed by atoms with Gasteiger partial charge in [0.15, 0.2) is 0 Å². The quantitative estimate of drug-likeness (QED) is 0.600. The van der Waals surface area contributed by atoms with Crippen LogP contribution in [0.1, 0.15) is 46.9 Å². The average Bonchev–Trinajstić information content (AvgIpc) is 3.21. The van der Waals surface area contributed by atoms with E-state index in [-0.39, 0.29) is 29.7 Å². The van der Waals surface area contributed by atoms with Crippen LogP contribution in [0.2, 0.25) is 0 Å². The molecule has 202 valence electrons. The molecular formula is C24H32F3N7O3. The van der Waals surface area contributed by atoms with Gasteiger partial charge in [-0.3, -0.25) is 14.4 Å². The summed E-state index contributed by atoms with van der Waals surface area (Å²) in [6, 6.07) is -1.12. The first-order valence-corrected chi connectivity index (χ1v) is 12.3.